The van der Waals surface area contributed by atoms with Gasteiger partial charge in [0.1, 0.15) is 4.21 Å². The Morgan fingerprint density at radius 3 is 2.38 bits per heavy atom. The molecule has 4 rings (SSSR count). The highest BCUT2D eigenvalue weighted by molar-refractivity contribution is 7.92. The molecule has 164 valence electrons. The molecule has 0 aliphatic rings. The van der Waals surface area contributed by atoms with Crippen LogP contribution in [-0.2, 0) is 10.0 Å². The van der Waals surface area contributed by atoms with Crippen molar-refractivity contribution >= 4 is 67.1 Å². The van der Waals surface area contributed by atoms with Crippen molar-refractivity contribution in [2.75, 3.05) is 5.32 Å². The number of hydrogen-bond donors (Lipinski definition) is 3. The molecule has 0 atom stereocenters. The first-order valence-corrected chi connectivity index (χ1v) is 11.9. The van der Waals surface area contributed by atoms with E-state index in [-0.39, 0.29) is 20.1 Å². The predicted molar refractivity (Wildman–Crippen MR) is 125 cm³/mol. The minimum atomic E-state index is -4.06. The van der Waals surface area contributed by atoms with Gasteiger partial charge in [-0.15, -0.1) is 11.3 Å². The lowest BCUT2D eigenvalue weighted by molar-refractivity contribution is 0.256. The maximum absolute atomic E-state index is 12.5. The van der Waals surface area contributed by atoms with Gasteiger partial charge in [0.25, 0.3) is 15.6 Å². The lowest BCUT2D eigenvalue weighted by Gasteiger charge is -2.12. The molecule has 0 saturated heterocycles. The van der Waals surface area contributed by atoms with Crippen LogP contribution in [0.1, 0.15) is 0 Å². The van der Waals surface area contributed by atoms with Crippen LogP contribution in [-0.4, -0.2) is 24.1 Å². The molecule has 3 N–H and O–H groups in total. The van der Waals surface area contributed by atoms with Crippen LogP contribution in [0.4, 0.5) is 10.5 Å². The van der Waals surface area contributed by atoms with E-state index in [0.29, 0.717) is 21.5 Å². The van der Waals surface area contributed by atoms with E-state index in [4.69, 9.17) is 23.2 Å². The number of nitrogens with one attached hydrogen (secondary N) is 2. The Hall–Kier alpha value is -3.05. The number of aromatic hydroxyl groups is 1. The Kier molecular flexibility index (Phi) is 5.87. The molecular formula is C20H13Cl2N3O5S2. The SMILES string of the molecule is O=C(Nc1ccc(-n2c(O)c3cc(Cl)ccc3cc2=O)cc1)NS(=O)(=O)c1ccc(Cl)s1. The molecule has 2 heterocycles. The first kappa shape index (κ1) is 22.2. The standard InChI is InChI=1S/C20H13Cl2N3O5S2/c21-12-2-1-11-9-17(26)25(19(27)15(11)10-12)14-5-3-13(4-6-14)23-20(28)24-32(29,30)18-8-7-16(22)31-18/h1-10,27H,(H2,23,24,28). The number of carbonyl (C=O) groups excluding carboxylic acids is 1. The number of halogens is 2. The van der Waals surface area contributed by atoms with E-state index in [2.05, 4.69) is 5.32 Å². The third-order valence-electron chi connectivity index (χ3n) is 4.39. The number of nitrogens with zero attached hydrogens (tertiary/aromatic N) is 1. The number of sulfonamides is 1. The number of anilines is 1. The number of amides is 2. The van der Waals surface area contributed by atoms with Gasteiger partial charge in [-0.1, -0.05) is 29.3 Å². The van der Waals surface area contributed by atoms with Crippen LogP contribution in [0.25, 0.3) is 16.5 Å². The Bertz CT molecular complexity index is 1510. The molecule has 0 aliphatic carbocycles. The van der Waals surface area contributed by atoms with E-state index >= 15 is 0 Å². The van der Waals surface area contributed by atoms with Crippen molar-refractivity contribution in [3.63, 3.8) is 0 Å². The third kappa shape index (κ3) is 4.44. The van der Waals surface area contributed by atoms with Crippen molar-refractivity contribution in [2.45, 2.75) is 4.21 Å². The topological polar surface area (TPSA) is 118 Å². The molecule has 12 heteroatoms. The van der Waals surface area contributed by atoms with Gasteiger partial charge in [-0.2, -0.15) is 0 Å². The molecule has 0 spiro atoms. The summed E-state index contributed by atoms with van der Waals surface area (Å²) in [6.07, 6.45) is 0. The maximum Gasteiger partial charge on any atom is 0.333 e. The Morgan fingerprint density at radius 2 is 1.72 bits per heavy atom. The zero-order valence-corrected chi connectivity index (χ0v) is 19.0. The molecular weight excluding hydrogens is 497 g/mol. The summed E-state index contributed by atoms with van der Waals surface area (Å²) < 4.78 is 27.5. The molecule has 0 aliphatic heterocycles. The van der Waals surface area contributed by atoms with Crippen molar-refractivity contribution in [2.24, 2.45) is 0 Å². The second-order valence-electron chi connectivity index (χ2n) is 6.54. The largest absolute Gasteiger partial charge is 0.494 e. The molecule has 4 aromatic rings. The summed E-state index contributed by atoms with van der Waals surface area (Å²) in [6, 6.07) is 13.8. The Labute approximate surface area is 195 Å². The van der Waals surface area contributed by atoms with Crippen LogP contribution < -0.4 is 15.6 Å². The van der Waals surface area contributed by atoms with Crippen molar-refractivity contribution < 1.29 is 18.3 Å². The van der Waals surface area contributed by atoms with Gasteiger partial charge < -0.3 is 10.4 Å². The van der Waals surface area contributed by atoms with E-state index in [1.807, 2.05) is 4.72 Å². The second-order valence-corrected chi connectivity index (χ2v) is 10.6. The number of fused-ring (bicyclic) bond motifs is 1. The third-order valence-corrected chi connectivity index (χ3v) is 7.68. The molecule has 32 heavy (non-hydrogen) atoms. The molecule has 0 fully saturated rings. The number of urea groups is 1. The van der Waals surface area contributed by atoms with Gasteiger partial charge in [0.15, 0.2) is 0 Å². The van der Waals surface area contributed by atoms with Crippen LogP contribution in [0, 0.1) is 0 Å². The lowest BCUT2D eigenvalue weighted by Crippen LogP contribution is -2.33. The van der Waals surface area contributed by atoms with E-state index in [0.717, 1.165) is 15.9 Å². The van der Waals surface area contributed by atoms with Gasteiger partial charge in [0.2, 0.25) is 5.88 Å². The Balaban J connectivity index is 1.56. The number of rotatable bonds is 4. The number of carbonyl (C=O) groups is 1. The van der Waals surface area contributed by atoms with Gasteiger partial charge in [-0.3, -0.25) is 4.79 Å². The van der Waals surface area contributed by atoms with Crippen LogP contribution >= 0.6 is 34.5 Å². The molecule has 8 nitrogen and oxygen atoms in total. The van der Waals surface area contributed by atoms with Gasteiger partial charge in [-0.25, -0.2) is 22.5 Å². The van der Waals surface area contributed by atoms with Gasteiger partial charge in [0, 0.05) is 22.2 Å². The first-order chi connectivity index (χ1) is 15.1. The summed E-state index contributed by atoms with van der Waals surface area (Å²) in [5.74, 6) is -0.283. The van der Waals surface area contributed by atoms with E-state index < -0.39 is 21.6 Å². The van der Waals surface area contributed by atoms with Crippen LogP contribution in [0.15, 0.2) is 69.7 Å². The van der Waals surface area contributed by atoms with Gasteiger partial charge in [-0.05, 0) is 53.9 Å². The normalized spacial score (nSPS) is 11.4. The summed E-state index contributed by atoms with van der Waals surface area (Å²) in [5.41, 5.74) is 0.139. The number of pyridine rings is 1. The summed E-state index contributed by atoms with van der Waals surface area (Å²) in [7, 11) is -4.06. The molecule has 0 bridgehead atoms. The Morgan fingerprint density at radius 1 is 1.00 bits per heavy atom. The highest BCUT2D eigenvalue weighted by Gasteiger charge is 2.20. The van der Waals surface area contributed by atoms with Crippen molar-refractivity contribution in [1.82, 2.24) is 9.29 Å². The van der Waals surface area contributed by atoms with Crippen molar-refractivity contribution in [3.8, 4) is 11.6 Å². The average Bonchev–Trinajstić information content (AvgIpc) is 3.17. The zero-order valence-electron chi connectivity index (χ0n) is 15.9. The van der Waals surface area contributed by atoms with E-state index in [9.17, 15) is 23.1 Å². The highest BCUT2D eigenvalue weighted by atomic mass is 35.5. The quantitative estimate of drug-likeness (QED) is 0.372. The van der Waals surface area contributed by atoms with Gasteiger partial charge >= 0.3 is 6.03 Å². The summed E-state index contributed by atoms with van der Waals surface area (Å²) in [5, 5.41) is 14.3. The number of thiophene rings is 1. The zero-order chi connectivity index (χ0) is 23.0. The van der Waals surface area contributed by atoms with Crippen molar-refractivity contribution in [1.29, 1.82) is 0 Å². The minimum Gasteiger partial charge on any atom is -0.494 e. The molecule has 2 aromatic heterocycles. The number of benzene rings is 2. The van der Waals surface area contributed by atoms with Crippen molar-refractivity contribution in [3.05, 3.63) is 80.4 Å². The molecule has 2 aromatic carbocycles. The molecule has 0 saturated carbocycles. The fraction of sp³-hybridized carbons (Fsp3) is 0. The fourth-order valence-corrected chi connectivity index (χ4v) is 5.55. The molecule has 2 amide bonds. The molecule has 0 radical (unpaired) electrons. The van der Waals surface area contributed by atoms with Crippen LogP contribution in [0.3, 0.4) is 0 Å². The smallest absolute Gasteiger partial charge is 0.333 e. The first-order valence-electron chi connectivity index (χ1n) is 8.88. The highest BCUT2D eigenvalue weighted by Crippen LogP contribution is 2.28. The summed E-state index contributed by atoms with van der Waals surface area (Å²) in [6.45, 7) is 0. The summed E-state index contributed by atoms with van der Waals surface area (Å²) >= 11 is 12.5. The van der Waals surface area contributed by atoms with E-state index in [1.54, 1.807) is 18.2 Å². The average molecular weight is 510 g/mol. The molecule has 0 unspecified atom stereocenters. The van der Waals surface area contributed by atoms with Crippen LogP contribution in [0.2, 0.25) is 9.36 Å². The number of hydrogen-bond acceptors (Lipinski definition) is 6. The predicted octanol–water partition coefficient (Wildman–Crippen LogP) is 4.58. The van der Waals surface area contributed by atoms with Gasteiger partial charge in [0.05, 0.1) is 10.0 Å². The second kappa shape index (κ2) is 8.47. The van der Waals surface area contributed by atoms with E-state index in [1.165, 1.54) is 42.5 Å². The number of aromatic nitrogens is 1. The maximum atomic E-state index is 12.5. The lowest BCUT2D eigenvalue weighted by atomic mass is 10.1. The fourth-order valence-electron chi connectivity index (χ4n) is 2.98. The minimum absolute atomic E-state index is 0.0979. The monoisotopic (exact) mass is 509 g/mol. The van der Waals surface area contributed by atoms with Crippen LogP contribution in [0.5, 0.6) is 5.88 Å². The summed E-state index contributed by atoms with van der Waals surface area (Å²) in [4.78, 5) is 24.6.